The highest BCUT2D eigenvalue weighted by atomic mass is 35.5. The monoisotopic (exact) mass is 291 g/mol. The molecule has 0 saturated carbocycles. The van der Waals surface area contributed by atoms with Gasteiger partial charge in [-0.1, -0.05) is 49.6 Å². The molecule has 3 heteroatoms. The minimum absolute atomic E-state index is 0. The molecule has 1 aromatic heterocycles. The fourth-order valence-corrected chi connectivity index (χ4v) is 1.55. The summed E-state index contributed by atoms with van der Waals surface area (Å²) in [4.78, 5) is 0. The third-order valence-corrected chi connectivity index (χ3v) is 2.56. The van der Waals surface area contributed by atoms with Crippen molar-refractivity contribution in [3.05, 3.63) is 79.1 Å². The van der Waals surface area contributed by atoms with Gasteiger partial charge >= 0.3 is 0 Å². The summed E-state index contributed by atoms with van der Waals surface area (Å²) in [6.45, 7) is 10.5. The third-order valence-electron chi connectivity index (χ3n) is 2.56. The summed E-state index contributed by atoms with van der Waals surface area (Å²) in [5, 5.41) is 0. The van der Waals surface area contributed by atoms with E-state index in [-0.39, 0.29) is 17.9 Å². The van der Waals surface area contributed by atoms with Crippen molar-refractivity contribution < 1.29 is 22.5 Å². The fourth-order valence-electron chi connectivity index (χ4n) is 1.55. The minimum atomic E-state index is 0. The van der Waals surface area contributed by atoms with Crippen molar-refractivity contribution in [3.63, 3.8) is 0 Å². The zero-order valence-electron chi connectivity index (χ0n) is 11.8. The van der Waals surface area contributed by atoms with Gasteiger partial charge in [0.2, 0.25) is 5.69 Å². The van der Waals surface area contributed by atoms with Crippen LogP contribution in [0.15, 0.2) is 67.9 Å². The number of halogens is 1. The van der Waals surface area contributed by atoms with Crippen molar-refractivity contribution in [2.75, 3.05) is 0 Å². The van der Waals surface area contributed by atoms with E-state index in [1.165, 1.54) is 11.3 Å². The Hall–Kier alpha value is -1.90. The summed E-state index contributed by atoms with van der Waals surface area (Å²) in [6, 6.07) is 16.1. The Bertz CT molecular complexity index is 497. The molecule has 0 aliphatic rings. The molecule has 2 nitrogen and oxygen atoms in total. The number of hydrogen-bond acceptors (Lipinski definition) is 0. The quantitative estimate of drug-likeness (QED) is 0.722. The first-order valence-electron chi connectivity index (χ1n) is 6.10. The minimum Gasteiger partial charge on any atom is -1.00 e. The lowest BCUT2D eigenvalue weighted by Gasteiger charge is -1.93. The zero-order valence-corrected chi connectivity index (χ0v) is 12.6. The van der Waals surface area contributed by atoms with Crippen LogP contribution in [0.3, 0.4) is 0 Å². The van der Waals surface area contributed by atoms with Gasteiger partial charge in [0.1, 0.15) is 6.54 Å². The molecule has 108 valence electrons. The van der Waals surface area contributed by atoms with E-state index in [0.717, 1.165) is 6.54 Å². The molecule has 0 aliphatic carbocycles. The highest BCUT2D eigenvalue weighted by Gasteiger charge is 1.99. The molecule has 1 heterocycles. The number of benzene rings is 1. The van der Waals surface area contributed by atoms with Crippen LogP contribution >= 0.6 is 0 Å². The molecule has 1 aromatic carbocycles. The van der Waals surface area contributed by atoms with Gasteiger partial charge < -0.3 is 17.9 Å². The predicted molar refractivity (Wildman–Crippen MR) is 82.5 cm³/mol. The van der Waals surface area contributed by atoms with Gasteiger partial charge in [0.05, 0.1) is 0 Å². The maximum Gasteiger partial charge on any atom is 0.204 e. The molecule has 2 rings (SSSR count). The molecule has 0 saturated heterocycles. The zero-order chi connectivity index (χ0) is 13.2. The summed E-state index contributed by atoms with van der Waals surface area (Å²) in [6.07, 6.45) is 5.75. The van der Waals surface area contributed by atoms with E-state index in [2.05, 4.69) is 36.9 Å². The lowest BCUT2D eigenvalue weighted by atomic mass is 10.2. The second kappa shape index (κ2) is 12.2. The summed E-state index contributed by atoms with van der Waals surface area (Å²) >= 11 is 0. The van der Waals surface area contributed by atoms with E-state index < -0.39 is 0 Å². The van der Waals surface area contributed by atoms with Crippen LogP contribution in [0.2, 0.25) is 0 Å². The van der Waals surface area contributed by atoms with Crippen LogP contribution in [0.5, 0.6) is 0 Å². The molecular weight excluding hydrogens is 270 g/mol. The number of pyridine rings is 1. The van der Waals surface area contributed by atoms with E-state index in [0.29, 0.717) is 0 Å². The predicted octanol–water partition coefficient (Wildman–Crippen LogP) is 0.146. The standard InChI is InChI=1S/C9H12N.C8H8.ClH.H2O/c1-3-9-7-5-6-8-10(9)4-2;1-2-8-6-4-3-5-7-8;;/h3,5-8H,1,4H2,2H3;2-7H,1H2;1H;1H2/q+1;;;/p-1. The normalized spacial score (nSPS) is 8.05. The number of hydrogen-bond donors (Lipinski definition) is 0. The van der Waals surface area contributed by atoms with Crippen LogP contribution in [0, 0.1) is 0 Å². The second-order valence-corrected chi connectivity index (χ2v) is 3.73. The average molecular weight is 292 g/mol. The molecule has 0 spiro atoms. The van der Waals surface area contributed by atoms with Gasteiger partial charge in [0, 0.05) is 18.2 Å². The molecule has 0 atom stereocenters. The second-order valence-electron chi connectivity index (χ2n) is 3.73. The molecule has 20 heavy (non-hydrogen) atoms. The Morgan fingerprint density at radius 1 is 0.950 bits per heavy atom. The first-order valence-corrected chi connectivity index (χ1v) is 6.10. The number of nitrogens with zero attached hydrogens (tertiary/aromatic N) is 1. The van der Waals surface area contributed by atoms with Crippen LogP contribution in [-0.2, 0) is 6.54 Å². The highest BCUT2D eigenvalue weighted by molar-refractivity contribution is 5.45. The van der Waals surface area contributed by atoms with E-state index in [9.17, 15) is 0 Å². The SMILES string of the molecule is C=Cc1cccc[n+]1CC.C=Cc1ccccc1.O.[Cl-]. The fraction of sp³-hybridized carbons (Fsp3) is 0.118. The van der Waals surface area contributed by atoms with Crippen molar-refractivity contribution in [2.24, 2.45) is 0 Å². The van der Waals surface area contributed by atoms with E-state index >= 15 is 0 Å². The van der Waals surface area contributed by atoms with Gasteiger partial charge in [-0.3, -0.25) is 0 Å². The van der Waals surface area contributed by atoms with Crippen LogP contribution in [0.25, 0.3) is 12.2 Å². The maximum atomic E-state index is 3.72. The van der Waals surface area contributed by atoms with Gasteiger partial charge in [0.15, 0.2) is 6.20 Å². The van der Waals surface area contributed by atoms with Crippen LogP contribution < -0.4 is 17.0 Å². The molecule has 0 radical (unpaired) electrons. The van der Waals surface area contributed by atoms with Crippen LogP contribution in [0.1, 0.15) is 18.2 Å². The summed E-state index contributed by atoms with van der Waals surface area (Å²) < 4.78 is 2.15. The van der Waals surface area contributed by atoms with E-state index in [1.54, 1.807) is 0 Å². The molecule has 2 N–H and O–H groups in total. The Morgan fingerprint density at radius 2 is 1.55 bits per heavy atom. The average Bonchev–Trinajstić information content (AvgIpc) is 2.48. The van der Waals surface area contributed by atoms with Crippen molar-refractivity contribution in [2.45, 2.75) is 13.5 Å². The molecule has 0 fully saturated rings. The smallest absolute Gasteiger partial charge is 0.204 e. The molecule has 2 aromatic rings. The Labute approximate surface area is 127 Å². The van der Waals surface area contributed by atoms with Gasteiger partial charge in [-0.05, 0) is 18.6 Å². The topological polar surface area (TPSA) is 35.4 Å². The number of rotatable bonds is 3. The lowest BCUT2D eigenvalue weighted by Crippen LogP contribution is -3.00. The first kappa shape index (κ1) is 20.4. The van der Waals surface area contributed by atoms with Gasteiger partial charge in [-0.25, -0.2) is 0 Å². The third kappa shape index (κ3) is 6.88. The van der Waals surface area contributed by atoms with Crippen molar-refractivity contribution >= 4 is 12.2 Å². The Balaban J connectivity index is 0. The highest BCUT2D eigenvalue weighted by Crippen LogP contribution is 1.97. The summed E-state index contributed by atoms with van der Waals surface area (Å²) in [7, 11) is 0. The van der Waals surface area contributed by atoms with E-state index in [4.69, 9.17) is 0 Å². The van der Waals surface area contributed by atoms with Gasteiger partial charge in [0.25, 0.3) is 0 Å². The molecular formula is C17H22ClNO. The van der Waals surface area contributed by atoms with Crippen molar-refractivity contribution in [1.82, 2.24) is 0 Å². The molecule has 0 bridgehead atoms. The van der Waals surface area contributed by atoms with Crippen LogP contribution in [-0.4, -0.2) is 5.48 Å². The number of aromatic nitrogens is 1. The molecule has 0 unspecified atom stereocenters. The number of aryl methyl sites for hydroxylation is 1. The van der Waals surface area contributed by atoms with Gasteiger partial charge in [-0.15, -0.1) is 0 Å². The summed E-state index contributed by atoms with van der Waals surface area (Å²) in [5.74, 6) is 0. The summed E-state index contributed by atoms with van der Waals surface area (Å²) in [5.41, 5.74) is 2.34. The van der Waals surface area contributed by atoms with E-state index in [1.807, 2.05) is 54.6 Å². The first-order chi connectivity index (χ1) is 8.81. The van der Waals surface area contributed by atoms with Crippen LogP contribution in [0.4, 0.5) is 0 Å². The Kier molecular flexibility index (Phi) is 12.4. The van der Waals surface area contributed by atoms with Gasteiger partial charge in [-0.2, -0.15) is 4.57 Å². The largest absolute Gasteiger partial charge is 1.00 e. The molecule has 0 aliphatic heterocycles. The van der Waals surface area contributed by atoms with Crippen molar-refractivity contribution in [1.29, 1.82) is 0 Å². The lowest BCUT2D eigenvalue weighted by molar-refractivity contribution is -0.695. The van der Waals surface area contributed by atoms with Crippen molar-refractivity contribution in [3.8, 4) is 0 Å². The molecule has 0 amide bonds. The Morgan fingerprint density at radius 3 is 1.95 bits per heavy atom. The maximum absolute atomic E-state index is 3.72.